The quantitative estimate of drug-likeness (QED) is 0.103. The molecule has 0 radical (unpaired) electrons. The van der Waals surface area contributed by atoms with Crippen LogP contribution in [0.1, 0.15) is 15.9 Å². The molecule has 0 unspecified atom stereocenters. The zero-order valence-electron chi connectivity index (χ0n) is 21.4. The molecule has 0 fully saturated rings. The molecule has 0 spiro atoms. The average Bonchev–Trinajstić information content (AvgIpc) is 3.52. The van der Waals surface area contributed by atoms with Gasteiger partial charge in [0.05, 0.1) is 29.4 Å². The van der Waals surface area contributed by atoms with Gasteiger partial charge in [0.15, 0.2) is 5.16 Å². The van der Waals surface area contributed by atoms with E-state index in [-0.39, 0.29) is 11.6 Å². The molecule has 2 heterocycles. The van der Waals surface area contributed by atoms with Crippen LogP contribution in [-0.4, -0.2) is 23.0 Å². The van der Waals surface area contributed by atoms with Gasteiger partial charge in [-0.2, -0.15) is 0 Å². The molecule has 5 aromatic rings. The van der Waals surface area contributed by atoms with Crippen LogP contribution in [0, 0.1) is 6.57 Å². The molecule has 0 aliphatic rings. The Bertz CT molecular complexity index is 1850. The number of ether oxygens (including phenoxy) is 1. The summed E-state index contributed by atoms with van der Waals surface area (Å²) in [6, 6.07) is 21.5. The highest BCUT2D eigenvalue weighted by Crippen LogP contribution is 2.38. The minimum Gasteiger partial charge on any atom is -0.496 e. The van der Waals surface area contributed by atoms with Gasteiger partial charge in [-0.3, -0.25) is 9.59 Å². The minimum atomic E-state index is -0.511. The maximum Gasteiger partial charge on any atom is 0.276 e. The number of hydrogen-bond acceptors (Lipinski definition) is 6. The predicted octanol–water partition coefficient (Wildman–Crippen LogP) is 8.58. The van der Waals surface area contributed by atoms with E-state index in [9.17, 15) is 9.59 Å². The second-order valence-corrected chi connectivity index (χ2v) is 11.4. The first-order valence-electron chi connectivity index (χ1n) is 12.1. The van der Waals surface area contributed by atoms with E-state index in [1.54, 1.807) is 42.7 Å². The molecule has 0 aliphatic heterocycles. The summed E-state index contributed by atoms with van der Waals surface area (Å²) < 4.78 is 5.54. The Morgan fingerprint density at radius 3 is 2.68 bits per heavy atom. The van der Waals surface area contributed by atoms with Gasteiger partial charge in [-0.05, 0) is 65.0 Å². The van der Waals surface area contributed by atoms with E-state index in [1.807, 2.05) is 47.8 Å². The standard InChI is InChI=1S/C30H20Cl2N4O3S2/c1-33-27-26(18-9-11-24(39-2)21(14-18)25-7-4-12-40-25)35-30(36-29(27)38)41-16-17-5-3-6-20(13-17)34-28(37)19-8-10-22(31)23(32)15-19/h3-15H,16H2,2H3,(H,34,37)(H,35,36,38). The molecule has 204 valence electrons. The summed E-state index contributed by atoms with van der Waals surface area (Å²) in [6.45, 7) is 7.60. The molecule has 2 N–H and O–H groups in total. The smallest absolute Gasteiger partial charge is 0.276 e. The molecule has 3 aromatic carbocycles. The van der Waals surface area contributed by atoms with Gasteiger partial charge >= 0.3 is 0 Å². The number of aromatic nitrogens is 2. The van der Waals surface area contributed by atoms with Gasteiger partial charge in [0.1, 0.15) is 5.75 Å². The Morgan fingerprint density at radius 2 is 1.95 bits per heavy atom. The average molecular weight is 620 g/mol. The lowest BCUT2D eigenvalue weighted by Crippen LogP contribution is -2.12. The van der Waals surface area contributed by atoms with Crippen LogP contribution in [0.15, 0.2) is 88.1 Å². The van der Waals surface area contributed by atoms with Crippen LogP contribution in [-0.2, 0) is 5.75 Å². The van der Waals surface area contributed by atoms with Crippen molar-refractivity contribution in [3.63, 3.8) is 0 Å². The number of halogens is 2. The Kier molecular flexibility index (Phi) is 8.76. The summed E-state index contributed by atoms with van der Waals surface area (Å²) >= 11 is 14.9. The van der Waals surface area contributed by atoms with Crippen LogP contribution in [0.25, 0.3) is 26.5 Å². The number of carbonyl (C=O) groups excluding carboxylic acids is 1. The third kappa shape index (κ3) is 6.47. The number of anilines is 1. The van der Waals surface area contributed by atoms with Gasteiger partial charge < -0.3 is 15.0 Å². The first-order chi connectivity index (χ1) is 19.9. The summed E-state index contributed by atoms with van der Waals surface area (Å²) in [7, 11) is 1.60. The summed E-state index contributed by atoms with van der Waals surface area (Å²) in [5.74, 6) is 0.825. The van der Waals surface area contributed by atoms with Crippen molar-refractivity contribution in [1.82, 2.24) is 9.97 Å². The maximum atomic E-state index is 12.9. The van der Waals surface area contributed by atoms with Crippen LogP contribution >= 0.6 is 46.3 Å². The fourth-order valence-electron chi connectivity index (χ4n) is 4.03. The van der Waals surface area contributed by atoms with Gasteiger partial charge in [0.25, 0.3) is 17.2 Å². The van der Waals surface area contributed by atoms with Crippen LogP contribution in [0.3, 0.4) is 0 Å². The zero-order chi connectivity index (χ0) is 28.9. The summed E-state index contributed by atoms with van der Waals surface area (Å²) in [6.07, 6.45) is 0. The first-order valence-corrected chi connectivity index (χ1v) is 14.7. The molecule has 1 amide bonds. The van der Waals surface area contributed by atoms with E-state index in [0.717, 1.165) is 16.0 Å². The fourth-order valence-corrected chi connectivity index (χ4v) is 5.88. The highest BCUT2D eigenvalue weighted by atomic mass is 35.5. The van der Waals surface area contributed by atoms with Crippen LogP contribution in [0.2, 0.25) is 10.0 Å². The second kappa shape index (κ2) is 12.6. The van der Waals surface area contributed by atoms with Gasteiger partial charge in [-0.1, -0.05) is 59.2 Å². The van der Waals surface area contributed by atoms with E-state index >= 15 is 0 Å². The molecule has 0 saturated carbocycles. The Hall–Kier alpha value is -4.07. The van der Waals surface area contributed by atoms with Crippen molar-refractivity contribution in [2.24, 2.45) is 0 Å². The van der Waals surface area contributed by atoms with Crippen molar-refractivity contribution in [1.29, 1.82) is 0 Å². The molecule has 41 heavy (non-hydrogen) atoms. The second-order valence-electron chi connectivity index (χ2n) is 8.64. The molecule has 0 saturated heterocycles. The molecule has 0 atom stereocenters. The SMILES string of the molecule is [C-]#[N+]c1c(-c2ccc(OC)c(-c3cccs3)c2)nc(SCc2cccc(NC(=O)c3ccc(Cl)c(Cl)c3)c2)[nH]c1=O. The Morgan fingerprint density at radius 1 is 1.10 bits per heavy atom. The van der Waals surface area contributed by atoms with E-state index < -0.39 is 5.56 Å². The first kappa shape index (κ1) is 28.5. The highest BCUT2D eigenvalue weighted by Gasteiger charge is 2.17. The number of H-pyrrole nitrogens is 1. The number of thioether (sulfide) groups is 1. The monoisotopic (exact) mass is 618 g/mol. The highest BCUT2D eigenvalue weighted by molar-refractivity contribution is 7.98. The van der Waals surface area contributed by atoms with Gasteiger partial charge in [-0.15, -0.1) is 11.3 Å². The molecular weight excluding hydrogens is 599 g/mol. The van der Waals surface area contributed by atoms with Gasteiger partial charge in [-0.25, -0.2) is 9.83 Å². The molecule has 2 aromatic heterocycles. The molecule has 7 nitrogen and oxygen atoms in total. The molecular formula is C30H20Cl2N4O3S2. The summed E-state index contributed by atoms with van der Waals surface area (Å²) in [5.41, 5.74) is 3.08. The number of methoxy groups -OCH3 is 1. The Labute approximate surface area is 254 Å². The van der Waals surface area contributed by atoms with Crippen molar-refractivity contribution < 1.29 is 9.53 Å². The topological polar surface area (TPSA) is 88.4 Å². The third-order valence-electron chi connectivity index (χ3n) is 5.99. The molecule has 0 bridgehead atoms. The largest absolute Gasteiger partial charge is 0.496 e. The van der Waals surface area contributed by atoms with E-state index in [2.05, 4.69) is 20.1 Å². The molecule has 11 heteroatoms. The number of thiophene rings is 1. The van der Waals surface area contributed by atoms with Crippen LogP contribution in [0.4, 0.5) is 11.4 Å². The number of aromatic amines is 1. The zero-order valence-corrected chi connectivity index (χ0v) is 24.5. The number of nitrogens with zero attached hydrogens (tertiary/aromatic N) is 2. The van der Waals surface area contributed by atoms with E-state index in [0.29, 0.717) is 49.2 Å². The normalized spacial score (nSPS) is 10.7. The van der Waals surface area contributed by atoms with Crippen LogP contribution in [0.5, 0.6) is 5.75 Å². The number of nitrogens with one attached hydrogen (secondary N) is 2. The summed E-state index contributed by atoms with van der Waals surface area (Å²) in [4.78, 5) is 37.4. The summed E-state index contributed by atoms with van der Waals surface area (Å²) in [5, 5.41) is 5.87. The Balaban J connectivity index is 1.38. The lowest BCUT2D eigenvalue weighted by atomic mass is 10.0. The lowest BCUT2D eigenvalue weighted by molar-refractivity contribution is 0.102. The number of hydrogen-bond donors (Lipinski definition) is 2. The number of rotatable bonds is 8. The van der Waals surface area contributed by atoms with E-state index in [4.69, 9.17) is 34.5 Å². The van der Waals surface area contributed by atoms with Crippen molar-refractivity contribution in [3.8, 4) is 27.4 Å². The van der Waals surface area contributed by atoms with Crippen molar-refractivity contribution in [3.05, 3.63) is 121 Å². The van der Waals surface area contributed by atoms with Crippen molar-refractivity contribution >= 4 is 63.6 Å². The molecule has 5 rings (SSSR count). The van der Waals surface area contributed by atoms with Gasteiger partial charge in [0, 0.05) is 27.4 Å². The third-order valence-corrected chi connectivity index (χ3v) is 8.57. The van der Waals surface area contributed by atoms with Crippen molar-refractivity contribution in [2.45, 2.75) is 10.9 Å². The van der Waals surface area contributed by atoms with E-state index in [1.165, 1.54) is 17.8 Å². The number of amides is 1. The van der Waals surface area contributed by atoms with Gasteiger partial charge in [0.2, 0.25) is 0 Å². The number of benzene rings is 3. The maximum absolute atomic E-state index is 12.9. The fraction of sp³-hybridized carbons (Fsp3) is 0.0667. The lowest BCUT2D eigenvalue weighted by Gasteiger charge is -2.11. The molecule has 0 aliphatic carbocycles. The van der Waals surface area contributed by atoms with Crippen molar-refractivity contribution in [2.75, 3.05) is 12.4 Å². The minimum absolute atomic E-state index is 0.0799. The van der Waals surface area contributed by atoms with Crippen LogP contribution < -0.4 is 15.6 Å². The number of carbonyl (C=O) groups is 1. The predicted molar refractivity (Wildman–Crippen MR) is 167 cm³/mol.